The highest BCUT2D eigenvalue weighted by molar-refractivity contribution is 6.31. The molecular weight excluding hydrogens is 468 g/mol. The van der Waals surface area contributed by atoms with E-state index in [0.717, 1.165) is 5.56 Å². The summed E-state index contributed by atoms with van der Waals surface area (Å²) in [6.07, 6.45) is 0.619. The average molecular weight is 498 g/mol. The first kappa shape index (κ1) is 25.9. The van der Waals surface area contributed by atoms with Gasteiger partial charge in [0.1, 0.15) is 5.82 Å². The topological polar surface area (TPSA) is 96.6 Å². The quantitative estimate of drug-likeness (QED) is 0.257. The van der Waals surface area contributed by atoms with Gasteiger partial charge in [-0.25, -0.2) is 9.28 Å². The number of amides is 1. The Kier molecular flexibility index (Phi) is 8.04. The Labute approximate surface area is 203 Å². The number of nitrogens with one attached hydrogen (secondary N) is 2. The van der Waals surface area contributed by atoms with Gasteiger partial charge >= 0.3 is 0 Å². The highest BCUT2D eigenvalue weighted by atomic mass is 35.5. The van der Waals surface area contributed by atoms with Crippen LogP contribution in [0.1, 0.15) is 44.2 Å². The minimum absolute atomic E-state index is 0.0435. The lowest BCUT2D eigenvalue weighted by molar-refractivity contribution is -0.240. The number of halogens is 3. The first-order valence-corrected chi connectivity index (χ1v) is 11.5. The number of rotatable bonds is 7. The fourth-order valence-corrected chi connectivity index (χ4v) is 4.97. The summed E-state index contributed by atoms with van der Waals surface area (Å²) in [5.74, 6) is -1.76. The van der Waals surface area contributed by atoms with Gasteiger partial charge < -0.3 is 16.4 Å². The van der Waals surface area contributed by atoms with Crippen LogP contribution < -0.4 is 16.4 Å². The zero-order valence-corrected chi connectivity index (χ0v) is 20.4. The molecule has 1 heterocycles. The summed E-state index contributed by atoms with van der Waals surface area (Å²) in [4.78, 5) is 17.3. The molecule has 0 aromatic heterocycles. The van der Waals surface area contributed by atoms with Crippen LogP contribution in [-0.2, 0) is 15.2 Å². The van der Waals surface area contributed by atoms with Crippen molar-refractivity contribution >= 4 is 29.1 Å². The van der Waals surface area contributed by atoms with Crippen LogP contribution in [0, 0.1) is 11.2 Å². The number of benzene rings is 2. The van der Waals surface area contributed by atoms with Crippen LogP contribution in [-0.4, -0.2) is 36.4 Å². The second-order valence-corrected chi connectivity index (χ2v) is 10.5. The summed E-state index contributed by atoms with van der Waals surface area (Å²) in [7, 11) is 0. The van der Waals surface area contributed by atoms with Gasteiger partial charge in [0, 0.05) is 23.5 Å². The van der Waals surface area contributed by atoms with E-state index in [1.54, 1.807) is 24.3 Å². The van der Waals surface area contributed by atoms with Gasteiger partial charge in [0.05, 0.1) is 23.2 Å². The maximum Gasteiger partial charge on any atom is 0.237 e. The van der Waals surface area contributed by atoms with Crippen LogP contribution in [0.25, 0.3) is 0 Å². The van der Waals surface area contributed by atoms with E-state index in [1.807, 2.05) is 12.1 Å². The third-order valence-electron chi connectivity index (χ3n) is 6.06. The molecule has 0 bridgehead atoms. The molecule has 2 aromatic carbocycles. The summed E-state index contributed by atoms with van der Waals surface area (Å²) in [5.41, 5.74) is 6.89. The average Bonchev–Trinajstić information content (AvgIpc) is 3.02. The number of nitrogens with two attached hydrogens (primary N) is 1. The molecule has 1 fully saturated rings. The largest absolute Gasteiger partial charge is 0.352 e. The van der Waals surface area contributed by atoms with Gasteiger partial charge in [0.25, 0.3) is 0 Å². The van der Waals surface area contributed by atoms with E-state index in [2.05, 4.69) is 36.3 Å². The van der Waals surface area contributed by atoms with Gasteiger partial charge in [-0.05, 0) is 41.2 Å². The maximum absolute atomic E-state index is 15.4. The summed E-state index contributed by atoms with van der Waals surface area (Å²) in [6.45, 7) is 6.25. The van der Waals surface area contributed by atoms with Gasteiger partial charge in [-0.3, -0.25) is 10.1 Å². The Hall–Kier alpha value is -1.74. The van der Waals surface area contributed by atoms with Crippen LogP contribution in [0.4, 0.5) is 4.39 Å². The van der Waals surface area contributed by atoms with Crippen molar-refractivity contribution in [3.8, 4) is 0 Å². The Morgan fingerprint density at radius 2 is 1.91 bits per heavy atom. The van der Waals surface area contributed by atoms with Crippen LogP contribution in [0.2, 0.25) is 10.0 Å². The molecule has 4 atom stereocenters. The molecular formula is C24H30Cl2FN3O3. The van der Waals surface area contributed by atoms with Crippen LogP contribution in [0.15, 0.2) is 42.5 Å². The van der Waals surface area contributed by atoms with Gasteiger partial charge in [0.2, 0.25) is 5.91 Å². The molecule has 2 aromatic rings. The fraction of sp³-hybridized carbons (Fsp3) is 0.458. The van der Waals surface area contributed by atoms with E-state index in [9.17, 15) is 4.79 Å². The van der Waals surface area contributed by atoms with E-state index in [4.69, 9.17) is 34.2 Å². The van der Waals surface area contributed by atoms with Gasteiger partial charge in [-0.1, -0.05) is 68.2 Å². The molecule has 0 aliphatic carbocycles. The molecule has 0 saturated carbocycles. The summed E-state index contributed by atoms with van der Waals surface area (Å²) in [6, 6.07) is 10.6. The van der Waals surface area contributed by atoms with Crippen LogP contribution >= 0.6 is 23.2 Å². The molecule has 6 nitrogen and oxygen atoms in total. The Balaban J connectivity index is 2.18. The maximum atomic E-state index is 15.4. The SMILES string of the molecule is CC(C)(C)C[C@@H]1N[C@@H](C(=O)NCCOO)[C@H](c2cccc(Cl)c2F)[C@@]1(N)c1ccc(Cl)cc1. The zero-order chi connectivity index (χ0) is 24.4. The van der Waals surface area contributed by atoms with Gasteiger partial charge in [-0.15, -0.1) is 0 Å². The first-order chi connectivity index (χ1) is 15.5. The molecule has 9 heteroatoms. The van der Waals surface area contributed by atoms with E-state index < -0.39 is 23.3 Å². The fourth-order valence-electron chi connectivity index (χ4n) is 4.66. The summed E-state index contributed by atoms with van der Waals surface area (Å²) >= 11 is 12.3. The number of carbonyl (C=O) groups is 1. The second kappa shape index (κ2) is 10.3. The van der Waals surface area contributed by atoms with Crippen molar-refractivity contribution < 1.29 is 19.3 Å². The van der Waals surface area contributed by atoms with Crippen molar-refractivity contribution in [1.82, 2.24) is 10.6 Å². The molecule has 1 aliphatic rings. The Morgan fingerprint density at radius 1 is 1.24 bits per heavy atom. The highest BCUT2D eigenvalue weighted by Gasteiger charge is 2.57. The second-order valence-electron chi connectivity index (χ2n) is 9.65. The molecule has 1 amide bonds. The van der Waals surface area contributed by atoms with Crippen molar-refractivity contribution in [2.75, 3.05) is 13.2 Å². The predicted molar refractivity (Wildman–Crippen MR) is 128 cm³/mol. The predicted octanol–water partition coefficient (Wildman–Crippen LogP) is 4.45. The molecule has 5 N–H and O–H groups in total. The monoisotopic (exact) mass is 497 g/mol. The van der Waals surface area contributed by atoms with Crippen molar-refractivity contribution in [2.45, 2.75) is 50.7 Å². The van der Waals surface area contributed by atoms with E-state index in [-0.39, 0.29) is 41.1 Å². The van der Waals surface area contributed by atoms with E-state index in [0.29, 0.717) is 11.4 Å². The van der Waals surface area contributed by atoms with Crippen LogP contribution in [0.5, 0.6) is 0 Å². The van der Waals surface area contributed by atoms with Gasteiger partial charge in [0.15, 0.2) is 0 Å². The van der Waals surface area contributed by atoms with E-state index in [1.165, 1.54) is 6.07 Å². The van der Waals surface area contributed by atoms with Crippen LogP contribution in [0.3, 0.4) is 0 Å². The molecule has 33 heavy (non-hydrogen) atoms. The lowest BCUT2D eigenvalue weighted by Crippen LogP contribution is -2.52. The first-order valence-electron chi connectivity index (χ1n) is 10.8. The van der Waals surface area contributed by atoms with Gasteiger partial charge in [-0.2, -0.15) is 0 Å². The number of carbonyl (C=O) groups excluding carboxylic acids is 1. The van der Waals surface area contributed by atoms with Crippen molar-refractivity contribution in [3.05, 3.63) is 69.5 Å². The standard InChI is InChI=1S/C24H30Cl2FN3O3/c1-23(2,3)13-18-24(28,14-7-9-15(25)10-8-14)19(16-5-4-6-17(26)20(16)27)21(30-18)22(31)29-11-12-33-32/h4-10,18-19,21,30,32H,11-13,28H2,1-3H3,(H,29,31)/t18-,19-,21+,24+/m0/s1. The third kappa shape index (κ3) is 5.50. The molecule has 1 aliphatic heterocycles. The third-order valence-corrected chi connectivity index (χ3v) is 6.60. The normalized spacial score (nSPS) is 25.3. The number of hydrogen-bond donors (Lipinski definition) is 4. The molecule has 3 rings (SSSR count). The minimum atomic E-state index is -1.15. The summed E-state index contributed by atoms with van der Waals surface area (Å²) in [5, 5.41) is 15.2. The van der Waals surface area contributed by atoms with E-state index >= 15 is 4.39 Å². The van der Waals surface area contributed by atoms with Crippen molar-refractivity contribution in [1.29, 1.82) is 0 Å². The smallest absolute Gasteiger partial charge is 0.237 e. The Bertz CT molecular complexity index is 984. The molecule has 0 unspecified atom stereocenters. The highest BCUT2D eigenvalue weighted by Crippen LogP contribution is 2.49. The van der Waals surface area contributed by atoms with Crippen molar-refractivity contribution in [2.24, 2.45) is 11.1 Å². The molecule has 0 spiro atoms. The summed E-state index contributed by atoms with van der Waals surface area (Å²) < 4.78 is 15.4. The minimum Gasteiger partial charge on any atom is -0.352 e. The zero-order valence-electron chi connectivity index (χ0n) is 18.9. The Morgan fingerprint density at radius 3 is 2.52 bits per heavy atom. The van der Waals surface area contributed by atoms with Crippen molar-refractivity contribution in [3.63, 3.8) is 0 Å². The molecule has 1 saturated heterocycles. The molecule has 180 valence electrons. The lowest BCUT2D eigenvalue weighted by Gasteiger charge is -2.39. The number of hydrogen-bond acceptors (Lipinski definition) is 5. The molecule has 0 radical (unpaired) electrons. The lowest BCUT2D eigenvalue weighted by atomic mass is 9.68.